The molecule has 1 aromatic rings. The van der Waals surface area contributed by atoms with E-state index in [0.29, 0.717) is 16.7 Å². The summed E-state index contributed by atoms with van der Waals surface area (Å²) in [5.41, 5.74) is 2.09. The Hall–Kier alpha value is -0.980. The van der Waals surface area contributed by atoms with Gasteiger partial charge in [0.1, 0.15) is 5.75 Å². The van der Waals surface area contributed by atoms with Crippen LogP contribution in [-0.4, -0.2) is 6.61 Å². The summed E-state index contributed by atoms with van der Waals surface area (Å²) in [6.07, 6.45) is 2.32. The number of ether oxygens (including phenoxy) is 1. The first-order chi connectivity index (χ1) is 9.09. The fraction of sp³-hybridized carbons (Fsp3) is 0.684. The maximum absolute atomic E-state index is 5.82. The monoisotopic (exact) mass is 276 g/mol. The summed E-state index contributed by atoms with van der Waals surface area (Å²) >= 11 is 0. The van der Waals surface area contributed by atoms with Crippen molar-refractivity contribution in [2.75, 3.05) is 6.61 Å². The predicted octanol–water partition coefficient (Wildman–Crippen LogP) is 6.04. The summed E-state index contributed by atoms with van der Waals surface area (Å²) in [4.78, 5) is 0. The minimum absolute atomic E-state index is 0.301. The van der Waals surface area contributed by atoms with Gasteiger partial charge in [0, 0.05) is 0 Å². The maximum Gasteiger partial charge on any atom is 0.119 e. The van der Waals surface area contributed by atoms with Gasteiger partial charge in [-0.05, 0) is 47.3 Å². The van der Waals surface area contributed by atoms with E-state index >= 15 is 0 Å². The molecule has 1 atom stereocenters. The molecule has 1 rings (SSSR count). The second-order valence-corrected chi connectivity index (χ2v) is 8.17. The number of benzene rings is 1. The van der Waals surface area contributed by atoms with E-state index < -0.39 is 0 Å². The predicted molar refractivity (Wildman–Crippen MR) is 88.5 cm³/mol. The molecular weight excluding hydrogens is 244 g/mol. The highest BCUT2D eigenvalue weighted by atomic mass is 16.5. The summed E-state index contributed by atoms with van der Waals surface area (Å²) in [6.45, 7) is 16.8. The number of hydrogen-bond acceptors (Lipinski definition) is 1. The molecule has 0 aliphatic heterocycles. The van der Waals surface area contributed by atoms with Crippen LogP contribution < -0.4 is 4.74 Å². The van der Waals surface area contributed by atoms with Gasteiger partial charge in [0.05, 0.1) is 6.61 Å². The minimum Gasteiger partial charge on any atom is -0.494 e. The van der Waals surface area contributed by atoms with Gasteiger partial charge >= 0.3 is 0 Å². The van der Waals surface area contributed by atoms with Crippen molar-refractivity contribution in [3.05, 3.63) is 29.8 Å². The van der Waals surface area contributed by atoms with Crippen molar-refractivity contribution in [1.29, 1.82) is 0 Å². The Bertz CT molecular complexity index is 389. The molecule has 20 heavy (non-hydrogen) atoms. The number of rotatable bonds is 5. The van der Waals surface area contributed by atoms with Gasteiger partial charge in [-0.3, -0.25) is 0 Å². The smallest absolute Gasteiger partial charge is 0.119 e. The van der Waals surface area contributed by atoms with E-state index in [1.165, 1.54) is 12.0 Å². The first kappa shape index (κ1) is 17.1. The molecule has 1 aromatic carbocycles. The zero-order valence-corrected chi connectivity index (χ0v) is 14.4. The molecule has 0 fully saturated rings. The average Bonchev–Trinajstić information content (AvgIpc) is 2.32. The van der Waals surface area contributed by atoms with Crippen LogP contribution in [0.15, 0.2) is 24.3 Å². The Morgan fingerprint density at radius 2 is 1.50 bits per heavy atom. The molecule has 0 saturated carbocycles. The summed E-state index contributed by atoms with van der Waals surface area (Å²) in [5.74, 6) is 1.54. The van der Waals surface area contributed by atoms with Crippen molar-refractivity contribution in [1.82, 2.24) is 0 Å². The van der Waals surface area contributed by atoms with Crippen LogP contribution in [0.2, 0.25) is 0 Å². The molecular formula is C19H32O. The Morgan fingerprint density at radius 1 is 0.950 bits per heavy atom. The molecule has 0 spiro atoms. The highest BCUT2D eigenvalue weighted by Gasteiger charge is 2.21. The van der Waals surface area contributed by atoms with Gasteiger partial charge in [0.2, 0.25) is 0 Å². The fourth-order valence-corrected chi connectivity index (χ4v) is 2.15. The van der Waals surface area contributed by atoms with Crippen molar-refractivity contribution in [2.45, 2.75) is 67.2 Å². The van der Waals surface area contributed by atoms with Gasteiger partial charge in [0.15, 0.2) is 0 Å². The van der Waals surface area contributed by atoms with E-state index in [2.05, 4.69) is 72.7 Å². The third-order valence-corrected chi connectivity index (χ3v) is 4.02. The summed E-state index contributed by atoms with van der Waals surface area (Å²) in [5, 5.41) is 0. The van der Waals surface area contributed by atoms with Gasteiger partial charge in [-0.15, -0.1) is 0 Å². The summed E-state index contributed by atoms with van der Waals surface area (Å²) in [6, 6.07) is 8.62. The Kier molecular flexibility index (Phi) is 5.68. The van der Waals surface area contributed by atoms with E-state index in [1.54, 1.807) is 0 Å². The first-order valence-electron chi connectivity index (χ1n) is 7.82. The van der Waals surface area contributed by atoms with Gasteiger partial charge < -0.3 is 4.74 Å². The molecule has 0 radical (unpaired) electrons. The summed E-state index contributed by atoms with van der Waals surface area (Å²) in [7, 11) is 0. The lowest BCUT2D eigenvalue weighted by Gasteiger charge is -2.27. The maximum atomic E-state index is 5.82. The van der Waals surface area contributed by atoms with Crippen molar-refractivity contribution in [2.24, 2.45) is 10.8 Å². The molecule has 1 heteroatoms. The van der Waals surface area contributed by atoms with Crippen molar-refractivity contribution in [3.8, 4) is 5.75 Å². The molecule has 0 aliphatic rings. The molecule has 0 saturated heterocycles. The lowest BCUT2D eigenvalue weighted by Crippen LogP contribution is -2.15. The topological polar surface area (TPSA) is 9.23 Å². The zero-order chi connectivity index (χ0) is 15.4. The Labute approximate surface area is 125 Å². The molecule has 114 valence electrons. The minimum atomic E-state index is 0.301. The van der Waals surface area contributed by atoms with E-state index in [-0.39, 0.29) is 0 Å². The third-order valence-electron chi connectivity index (χ3n) is 4.02. The Balaban J connectivity index is 2.47. The second kappa shape index (κ2) is 6.65. The van der Waals surface area contributed by atoms with Gasteiger partial charge in [-0.1, -0.05) is 60.6 Å². The van der Waals surface area contributed by atoms with Crippen molar-refractivity contribution >= 4 is 0 Å². The highest BCUT2D eigenvalue weighted by Crippen LogP contribution is 2.34. The molecule has 1 nitrogen and oxygen atoms in total. The molecule has 0 amide bonds. The molecule has 0 heterocycles. The van der Waals surface area contributed by atoms with E-state index in [0.717, 1.165) is 18.8 Å². The van der Waals surface area contributed by atoms with Crippen molar-refractivity contribution < 1.29 is 4.74 Å². The Morgan fingerprint density at radius 3 is 1.95 bits per heavy atom. The molecule has 0 aromatic heterocycles. The van der Waals surface area contributed by atoms with Crippen LogP contribution in [0.25, 0.3) is 0 Å². The molecule has 1 unspecified atom stereocenters. The van der Waals surface area contributed by atoms with Gasteiger partial charge in [-0.25, -0.2) is 0 Å². The van der Waals surface area contributed by atoms with Crippen LogP contribution in [0.3, 0.4) is 0 Å². The van der Waals surface area contributed by atoms with Crippen LogP contribution in [0.5, 0.6) is 5.75 Å². The molecule has 0 aliphatic carbocycles. The highest BCUT2D eigenvalue weighted by molar-refractivity contribution is 5.30. The van der Waals surface area contributed by atoms with Gasteiger partial charge in [-0.2, -0.15) is 0 Å². The van der Waals surface area contributed by atoms with Crippen LogP contribution in [0.1, 0.15) is 72.8 Å². The second-order valence-electron chi connectivity index (χ2n) is 8.17. The summed E-state index contributed by atoms with van der Waals surface area (Å²) < 4.78 is 5.82. The van der Waals surface area contributed by atoms with E-state index in [1.807, 2.05) is 0 Å². The normalized spacial score (nSPS) is 14.2. The molecule has 0 bridgehead atoms. The zero-order valence-electron chi connectivity index (χ0n) is 14.4. The van der Waals surface area contributed by atoms with Gasteiger partial charge in [0.25, 0.3) is 0 Å². The van der Waals surface area contributed by atoms with E-state index in [4.69, 9.17) is 4.74 Å². The third kappa shape index (κ3) is 5.98. The van der Waals surface area contributed by atoms with Crippen LogP contribution in [0, 0.1) is 10.8 Å². The number of hydrogen-bond donors (Lipinski definition) is 0. The fourth-order valence-electron chi connectivity index (χ4n) is 2.15. The quantitative estimate of drug-likeness (QED) is 0.596. The van der Waals surface area contributed by atoms with Crippen LogP contribution in [-0.2, 0) is 0 Å². The average molecular weight is 276 g/mol. The lowest BCUT2D eigenvalue weighted by molar-refractivity contribution is 0.269. The van der Waals surface area contributed by atoms with E-state index in [9.17, 15) is 0 Å². The first-order valence-corrected chi connectivity index (χ1v) is 7.82. The van der Waals surface area contributed by atoms with Crippen LogP contribution >= 0.6 is 0 Å². The standard InChI is InChI=1S/C19H32O/c1-15(19(5,6)7)16-9-11-17(12-10-16)20-14-8-13-18(2,3)4/h9-12,15H,8,13-14H2,1-7H3. The van der Waals surface area contributed by atoms with Crippen LogP contribution in [0.4, 0.5) is 0 Å². The molecule has 0 N–H and O–H groups in total. The lowest BCUT2D eigenvalue weighted by atomic mass is 9.78. The SMILES string of the molecule is CC(c1ccc(OCCCC(C)(C)C)cc1)C(C)(C)C. The van der Waals surface area contributed by atoms with Crippen molar-refractivity contribution in [3.63, 3.8) is 0 Å². The largest absolute Gasteiger partial charge is 0.494 e.